The van der Waals surface area contributed by atoms with Crippen molar-refractivity contribution in [3.05, 3.63) is 145 Å². The zero-order valence-corrected chi connectivity index (χ0v) is 28.3. The summed E-state index contributed by atoms with van der Waals surface area (Å²) >= 11 is 0. The van der Waals surface area contributed by atoms with Gasteiger partial charge in [-0.05, 0) is 38.8 Å². The summed E-state index contributed by atoms with van der Waals surface area (Å²) in [5.41, 5.74) is 13.3. The van der Waals surface area contributed by atoms with Gasteiger partial charge in [-0.3, -0.25) is 0 Å². The second-order valence-electron chi connectivity index (χ2n) is 10.4. The van der Waals surface area contributed by atoms with Gasteiger partial charge < -0.3 is 14.9 Å². The molecule has 0 aliphatic rings. The molecule has 196 valence electrons. The molecule has 39 heavy (non-hydrogen) atoms. The quantitative estimate of drug-likeness (QED) is 0.127. The van der Waals surface area contributed by atoms with E-state index in [-0.39, 0.29) is 40.7 Å². The maximum atomic E-state index is 2.28. The van der Waals surface area contributed by atoms with E-state index in [1.165, 1.54) is 77.2 Å². The predicted molar refractivity (Wildman–Crippen MR) is 171 cm³/mol. The van der Waals surface area contributed by atoms with Gasteiger partial charge in [-0.25, -0.2) is 0 Å². The van der Waals surface area contributed by atoms with Gasteiger partial charge in [0.25, 0.3) is 0 Å². The zero-order valence-electron chi connectivity index (χ0n) is 24.7. The molecule has 0 aliphatic heterocycles. The molecule has 6 aromatic carbocycles. The van der Waals surface area contributed by atoms with E-state index < -0.39 is 0 Å². The van der Waals surface area contributed by atoms with Crippen molar-refractivity contribution in [2.45, 2.75) is 41.5 Å². The smallest absolute Gasteiger partial charge is 0.358 e. The van der Waals surface area contributed by atoms with Crippen LogP contribution >= 0.6 is 0 Å². The van der Waals surface area contributed by atoms with Crippen molar-refractivity contribution in [1.29, 1.82) is 0 Å². The second-order valence-corrected chi connectivity index (χ2v) is 10.4. The number of fused-ring (bicyclic) bond motifs is 2. The minimum atomic E-state index is 0. The number of hydrogen-bond donors (Lipinski definition) is 0. The third kappa shape index (κ3) is 7.14. The Labute approximate surface area is 255 Å². The normalized spacial score (nSPS) is 10.2. The Kier molecular flexibility index (Phi) is 11.0. The molecule has 6 rings (SSSR count). The summed E-state index contributed by atoms with van der Waals surface area (Å²) in [6.07, 6.45) is 0. The van der Waals surface area contributed by atoms with E-state index in [1.807, 2.05) is 0 Å². The molecule has 1 heteroatoms. The summed E-state index contributed by atoms with van der Waals surface area (Å²) < 4.78 is 0. The number of benzene rings is 4. The van der Waals surface area contributed by atoms with Crippen molar-refractivity contribution >= 4 is 21.5 Å². The Morgan fingerprint density at radius 3 is 1.10 bits per heavy atom. The molecule has 6 aromatic rings. The molecule has 0 fully saturated rings. The molecule has 0 radical (unpaired) electrons. The first kappa shape index (κ1) is 32.2. The Morgan fingerprint density at radius 1 is 0.436 bits per heavy atom. The van der Waals surface area contributed by atoms with Crippen LogP contribution in [0.3, 0.4) is 0 Å². The van der Waals surface area contributed by atoms with Crippen molar-refractivity contribution in [3.8, 4) is 22.3 Å². The predicted octanol–water partition coefficient (Wildman–Crippen LogP) is 11.2. The van der Waals surface area contributed by atoms with Crippen LogP contribution in [0.5, 0.6) is 0 Å². The summed E-state index contributed by atoms with van der Waals surface area (Å²) in [5.74, 6) is 0. The van der Waals surface area contributed by atoms with E-state index in [4.69, 9.17) is 0 Å². The van der Waals surface area contributed by atoms with Gasteiger partial charge in [0.05, 0.1) is 0 Å². The van der Waals surface area contributed by atoms with Crippen molar-refractivity contribution in [1.82, 2.24) is 0 Å². The van der Waals surface area contributed by atoms with E-state index in [0.29, 0.717) is 0 Å². The number of hydrogen-bond acceptors (Lipinski definition) is 0. The van der Waals surface area contributed by atoms with E-state index in [0.717, 1.165) is 0 Å². The molecule has 0 N–H and O–H groups in total. The molecule has 0 aliphatic carbocycles. The molecular weight excluding hydrogens is 635 g/mol. The van der Waals surface area contributed by atoms with Gasteiger partial charge in [0.15, 0.2) is 0 Å². The van der Waals surface area contributed by atoms with Crippen LogP contribution in [0.4, 0.5) is 0 Å². The maximum Gasteiger partial charge on any atom is 4.00 e. The van der Waals surface area contributed by atoms with Crippen LogP contribution in [0, 0.1) is 56.4 Å². The van der Waals surface area contributed by atoms with Gasteiger partial charge >= 0.3 is 25.8 Å². The van der Waals surface area contributed by atoms with Crippen LogP contribution in [0.2, 0.25) is 0 Å². The van der Waals surface area contributed by atoms with Gasteiger partial charge in [0.1, 0.15) is 0 Å². The Morgan fingerprint density at radius 2 is 0.769 bits per heavy atom. The van der Waals surface area contributed by atoms with E-state index in [9.17, 15) is 0 Å². The number of rotatable bonds is 2. The average Bonchev–Trinajstić information content (AvgIpc) is 3.38. The molecule has 0 nitrogen and oxygen atoms in total. The SMILES string of the molecule is Cc1cc(C)cc(-c2cccc3[cH-]c(C)cc23)c1.Cc1cc(C)cc(-c2cccc3[cH-]c(C)cc23)c1.[CH3-].[CH3-].[Hf+4]. The molecule has 0 heterocycles. The molecule has 0 aromatic heterocycles. The molecule has 0 unspecified atom stereocenters. The monoisotopic (exact) mass is 676 g/mol. The molecule has 0 saturated carbocycles. The fraction of sp³-hybridized carbons (Fsp3) is 0.158. The van der Waals surface area contributed by atoms with Crippen molar-refractivity contribution < 1.29 is 25.8 Å². The van der Waals surface area contributed by atoms with Crippen molar-refractivity contribution in [2.24, 2.45) is 0 Å². The first-order chi connectivity index (χ1) is 17.3. The van der Waals surface area contributed by atoms with Crippen LogP contribution in [-0.2, 0) is 25.8 Å². The summed E-state index contributed by atoms with van der Waals surface area (Å²) in [4.78, 5) is 0. The average molecular weight is 675 g/mol. The van der Waals surface area contributed by atoms with E-state index in [1.54, 1.807) is 0 Å². The first-order valence-electron chi connectivity index (χ1n) is 12.8. The van der Waals surface area contributed by atoms with Crippen LogP contribution in [0.15, 0.2) is 97.1 Å². The van der Waals surface area contributed by atoms with Gasteiger partial charge in [0.2, 0.25) is 0 Å². The van der Waals surface area contributed by atoms with Crippen LogP contribution in [0.1, 0.15) is 33.4 Å². The maximum absolute atomic E-state index is 2.28. The van der Waals surface area contributed by atoms with Crippen molar-refractivity contribution in [2.75, 3.05) is 0 Å². The Bertz CT molecular complexity index is 1520. The summed E-state index contributed by atoms with van der Waals surface area (Å²) in [6.45, 7) is 13.0. The first-order valence-corrected chi connectivity index (χ1v) is 12.8. The molecule has 0 spiro atoms. The topological polar surface area (TPSA) is 0 Å². The van der Waals surface area contributed by atoms with Crippen LogP contribution < -0.4 is 0 Å². The summed E-state index contributed by atoms with van der Waals surface area (Å²) in [5, 5.41) is 5.40. The second kappa shape index (κ2) is 13.4. The standard InChI is InChI=1S/2C18H17.2CH3.Hf/c2*1-12-7-13(2)10-16(9-12)17-6-4-5-15-8-14(3)11-18(15)17;;;/h2*4-11H,1-3H3;2*1H3;/q4*-1;+4. The third-order valence-corrected chi connectivity index (χ3v) is 6.86. The van der Waals surface area contributed by atoms with Gasteiger partial charge in [-0.2, -0.15) is 12.1 Å². The fourth-order valence-electron chi connectivity index (χ4n) is 5.53. The van der Waals surface area contributed by atoms with Gasteiger partial charge in [-0.1, -0.05) is 95.8 Å². The fourth-order valence-corrected chi connectivity index (χ4v) is 5.53. The molecule has 0 atom stereocenters. The molecule has 0 bridgehead atoms. The minimum Gasteiger partial charge on any atom is -0.358 e. The van der Waals surface area contributed by atoms with E-state index >= 15 is 0 Å². The van der Waals surface area contributed by atoms with Crippen LogP contribution in [0.25, 0.3) is 43.8 Å². The molecule has 0 amide bonds. The number of aryl methyl sites for hydroxylation is 6. The largest absolute Gasteiger partial charge is 4.00 e. The van der Waals surface area contributed by atoms with Crippen LogP contribution in [-0.4, -0.2) is 0 Å². The molecule has 0 saturated heterocycles. The third-order valence-electron chi connectivity index (χ3n) is 6.86. The van der Waals surface area contributed by atoms with Gasteiger partial charge in [0, 0.05) is 0 Å². The summed E-state index contributed by atoms with van der Waals surface area (Å²) in [7, 11) is 0. The molecular formula is C38H40Hf. The van der Waals surface area contributed by atoms with E-state index in [2.05, 4.69) is 139 Å². The zero-order chi connectivity index (χ0) is 25.4. The Balaban J connectivity index is 0.000000254. The van der Waals surface area contributed by atoms with Crippen molar-refractivity contribution in [3.63, 3.8) is 0 Å². The minimum absolute atomic E-state index is 0. The van der Waals surface area contributed by atoms with Gasteiger partial charge in [-0.15, -0.1) is 69.1 Å². The Hall–Kier alpha value is -3.03. The summed E-state index contributed by atoms with van der Waals surface area (Å²) in [6, 6.07) is 35.7.